The van der Waals surface area contributed by atoms with Crippen LogP contribution >= 0.6 is 0 Å². The zero-order chi connectivity index (χ0) is 14.4. The fraction of sp³-hybridized carbons (Fsp3) is 0.467. The number of rotatable bonds is 4. The van der Waals surface area contributed by atoms with Crippen LogP contribution in [0.4, 0.5) is 0 Å². The fourth-order valence-electron chi connectivity index (χ4n) is 2.41. The fourth-order valence-corrected chi connectivity index (χ4v) is 2.41. The second-order valence-electron chi connectivity index (χ2n) is 5.17. The third kappa shape index (κ3) is 4.06. The highest BCUT2D eigenvalue weighted by Gasteiger charge is 2.17. The maximum atomic E-state index is 11.9. The molecular formula is C15H22N3O2+. The maximum absolute atomic E-state index is 11.9. The normalized spacial score (nSPS) is 18.6. The van der Waals surface area contributed by atoms with Gasteiger partial charge in [-0.3, -0.25) is 4.79 Å². The molecule has 1 saturated heterocycles. The minimum Gasteiger partial charge on any atom is -0.508 e. The molecule has 0 atom stereocenters. The van der Waals surface area contributed by atoms with Crippen molar-refractivity contribution in [3.8, 4) is 5.75 Å². The van der Waals surface area contributed by atoms with E-state index >= 15 is 0 Å². The van der Waals surface area contributed by atoms with E-state index in [1.807, 2.05) is 0 Å². The number of quaternary nitrogens is 1. The van der Waals surface area contributed by atoms with Gasteiger partial charge in [-0.05, 0) is 30.7 Å². The van der Waals surface area contributed by atoms with Crippen molar-refractivity contribution in [3.05, 3.63) is 29.8 Å². The van der Waals surface area contributed by atoms with Crippen LogP contribution in [0.1, 0.15) is 36.5 Å². The van der Waals surface area contributed by atoms with Crippen LogP contribution in [0.3, 0.4) is 0 Å². The summed E-state index contributed by atoms with van der Waals surface area (Å²) in [6.45, 7) is 5.62. The summed E-state index contributed by atoms with van der Waals surface area (Å²) in [5.41, 5.74) is 4.16. The molecule has 0 spiro atoms. The summed E-state index contributed by atoms with van der Waals surface area (Å²) in [5.74, 6) is -0.0834. The van der Waals surface area contributed by atoms with Gasteiger partial charge >= 0.3 is 0 Å². The standard InChI is InChI=1S/C15H21N3O2/c1-2-9-18-10-7-13(8-11-18)16-17-15(20)12-3-5-14(19)6-4-12/h3-6,19H,2,7-11H2,1H3,(H,17,20)/p+1. The average Bonchev–Trinajstić information content (AvgIpc) is 2.47. The number of carbonyl (C=O) groups is 1. The number of hydrogen-bond donors (Lipinski definition) is 3. The molecule has 3 N–H and O–H groups in total. The first-order valence-electron chi connectivity index (χ1n) is 7.17. The molecule has 2 rings (SSSR count). The van der Waals surface area contributed by atoms with E-state index < -0.39 is 0 Å². The lowest BCUT2D eigenvalue weighted by atomic mass is 10.1. The molecule has 0 saturated carbocycles. The van der Waals surface area contributed by atoms with E-state index in [-0.39, 0.29) is 11.7 Å². The second kappa shape index (κ2) is 7.05. The van der Waals surface area contributed by atoms with Gasteiger partial charge in [0.15, 0.2) is 0 Å². The molecule has 1 amide bonds. The number of benzene rings is 1. The smallest absolute Gasteiger partial charge is 0.271 e. The van der Waals surface area contributed by atoms with Gasteiger partial charge in [0.25, 0.3) is 5.91 Å². The number of phenols is 1. The number of carbonyl (C=O) groups excluding carboxylic acids is 1. The third-order valence-electron chi connectivity index (χ3n) is 3.58. The molecule has 1 aromatic carbocycles. The number of likely N-dealkylation sites (tertiary alicyclic amines) is 1. The van der Waals surface area contributed by atoms with E-state index in [0.29, 0.717) is 5.56 Å². The van der Waals surface area contributed by atoms with Gasteiger partial charge in [0.1, 0.15) is 5.75 Å². The predicted octanol–water partition coefficient (Wildman–Crippen LogP) is 0.567. The minimum absolute atomic E-state index is 0.152. The van der Waals surface area contributed by atoms with Gasteiger partial charge in [-0.2, -0.15) is 5.10 Å². The predicted molar refractivity (Wildman–Crippen MR) is 78.1 cm³/mol. The van der Waals surface area contributed by atoms with E-state index in [1.54, 1.807) is 17.0 Å². The zero-order valence-corrected chi connectivity index (χ0v) is 11.9. The molecule has 1 aliphatic heterocycles. The highest BCUT2D eigenvalue weighted by atomic mass is 16.3. The summed E-state index contributed by atoms with van der Waals surface area (Å²) < 4.78 is 0. The Kier molecular flexibility index (Phi) is 5.12. The van der Waals surface area contributed by atoms with Crippen LogP contribution in [0, 0.1) is 0 Å². The Bertz CT molecular complexity index is 472. The molecule has 5 nitrogen and oxygen atoms in total. The molecule has 0 unspecified atom stereocenters. The van der Waals surface area contributed by atoms with Gasteiger partial charge in [-0.15, -0.1) is 0 Å². The van der Waals surface area contributed by atoms with Crippen molar-refractivity contribution in [3.63, 3.8) is 0 Å². The molecule has 1 heterocycles. The van der Waals surface area contributed by atoms with Crippen molar-refractivity contribution in [2.24, 2.45) is 5.10 Å². The summed E-state index contributed by atoms with van der Waals surface area (Å²) in [5, 5.41) is 13.4. The van der Waals surface area contributed by atoms with Crippen molar-refractivity contribution < 1.29 is 14.8 Å². The number of hydrazone groups is 1. The summed E-state index contributed by atoms with van der Waals surface area (Å²) in [6, 6.07) is 6.15. The number of nitrogens with one attached hydrogen (secondary N) is 2. The summed E-state index contributed by atoms with van der Waals surface area (Å²) >= 11 is 0. The molecular weight excluding hydrogens is 254 g/mol. The Morgan fingerprint density at radius 2 is 1.95 bits per heavy atom. The zero-order valence-electron chi connectivity index (χ0n) is 11.9. The van der Waals surface area contributed by atoms with Crippen LogP contribution in [0.15, 0.2) is 29.4 Å². The second-order valence-corrected chi connectivity index (χ2v) is 5.17. The van der Waals surface area contributed by atoms with Crippen molar-refractivity contribution in [2.75, 3.05) is 19.6 Å². The number of phenolic OH excluding ortho intramolecular Hbond substituents is 1. The monoisotopic (exact) mass is 276 g/mol. The maximum Gasteiger partial charge on any atom is 0.271 e. The molecule has 20 heavy (non-hydrogen) atoms. The van der Waals surface area contributed by atoms with E-state index in [4.69, 9.17) is 0 Å². The summed E-state index contributed by atoms with van der Waals surface area (Å²) in [4.78, 5) is 13.5. The summed E-state index contributed by atoms with van der Waals surface area (Å²) in [6.07, 6.45) is 3.11. The van der Waals surface area contributed by atoms with E-state index in [2.05, 4.69) is 17.5 Å². The van der Waals surface area contributed by atoms with E-state index in [0.717, 1.165) is 31.6 Å². The molecule has 0 bridgehead atoms. The molecule has 1 aliphatic rings. The minimum atomic E-state index is -0.235. The highest BCUT2D eigenvalue weighted by molar-refractivity contribution is 5.95. The number of nitrogens with zero attached hydrogens (tertiary/aromatic N) is 1. The Balaban J connectivity index is 1.84. The van der Waals surface area contributed by atoms with Crippen molar-refractivity contribution in [2.45, 2.75) is 26.2 Å². The van der Waals surface area contributed by atoms with Crippen LogP contribution < -0.4 is 10.3 Å². The van der Waals surface area contributed by atoms with Crippen molar-refractivity contribution >= 4 is 11.6 Å². The Labute approximate surface area is 119 Å². The molecule has 0 aromatic heterocycles. The lowest BCUT2D eigenvalue weighted by molar-refractivity contribution is -0.901. The van der Waals surface area contributed by atoms with Gasteiger partial charge in [0.05, 0.1) is 19.6 Å². The summed E-state index contributed by atoms with van der Waals surface area (Å²) in [7, 11) is 0. The first-order valence-corrected chi connectivity index (χ1v) is 7.17. The van der Waals surface area contributed by atoms with E-state index in [1.165, 1.54) is 25.1 Å². The lowest BCUT2D eigenvalue weighted by Gasteiger charge is -2.24. The van der Waals surface area contributed by atoms with Crippen LogP contribution in [0.2, 0.25) is 0 Å². The molecule has 1 aromatic rings. The molecule has 1 fully saturated rings. The van der Waals surface area contributed by atoms with E-state index in [9.17, 15) is 9.90 Å². The molecule has 0 radical (unpaired) electrons. The Morgan fingerprint density at radius 1 is 1.30 bits per heavy atom. The first kappa shape index (κ1) is 14.5. The number of aromatic hydroxyl groups is 1. The van der Waals surface area contributed by atoms with Gasteiger partial charge < -0.3 is 10.0 Å². The van der Waals surface area contributed by atoms with Crippen LogP contribution in [-0.2, 0) is 0 Å². The van der Waals surface area contributed by atoms with Gasteiger partial charge in [0, 0.05) is 24.1 Å². The first-order chi connectivity index (χ1) is 9.69. The molecule has 0 aliphatic carbocycles. The molecule has 108 valence electrons. The topological polar surface area (TPSA) is 66.1 Å². The Hall–Kier alpha value is -1.88. The van der Waals surface area contributed by atoms with Gasteiger partial charge in [-0.25, -0.2) is 5.43 Å². The Morgan fingerprint density at radius 3 is 2.55 bits per heavy atom. The van der Waals surface area contributed by atoms with Crippen LogP contribution in [0.25, 0.3) is 0 Å². The number of hydrogen-bond acceptors (Lipinski definition) is 3. The van der Waals surface area contributed by atoms with Crippen molar-refractivity contribution in [1.29, 1.82) is 0 Å². The highest BCUT2D eigenvalue weighted by Crippen LogP contribution is 2.09. The van der Waals surface area contributed by atoms with Crippen molar-refractivity contribution in [1.82, 2.24) is 5.43 Å². The SMILES string of the molecule is CCC[NH+]1CCC(=NNC(=O)c2ccc(O)cc2)CC1. The number of piperidine rings is 1. The molecule has 5 heteroatoms. The van der Waals surface area contributed by atoms with Gasteiger partial charge in [0.2, 0.25) is 0 Å². The van der Waals surface area contributed by atoms with Gasteiger partial charge in [-0.1, -0.05) is 6.92 Å². The largest absolute Gasteiger partial charge is 0.508 e. The number of amides is 1. The quantitative estimate of drug-likeness (QED) is 0.704. The third-order valence-corrected chi connectivity index (χ3v) is 3.58. The average molecular weight is 276 g/mol. The van der Waals surface area contributed by atoms with Crippen LogP contribution in [-0.4, -0.2) is 36.4 Å². The van der Waals surface area contributed by atoms with Crippen LogP contribution in [0.5, 0.6) is 5.75 Å². The lowest BCUT2D eigenvalue weighted by Crippen LogP contribution is -3.13.